The fourth-order valence-electron chi connectivity index (χ4n) is 2.35. The summed E-state index contributed by atoms with van der Waals surface area (Å²) < 4.78 is 5.30. The monoisotopic (exact) mass is 506 g/mol. The van der Waals surface area contributed by atoms with Crippen LogP contribution in [0.2, 0.25) is 0 Å². The molecule has 0 spiro atoms. The third-order valence-corrected chi connectivity index (χ3v) is 3.56. The summed E-state index contributed by atoms with van der Waals surface area (Å²) in [6.45, 7) is 4.07. The number of ether oxygens (including phenoxy) is 1. The molecule has 0 fully saturated rings. The van der Waals surface area contributed by atoms with E-state index in [-0.39, 0.29) is 39.2 Å². The van der Waals surface area contributed by atoms with Gasteiger partial charge in [0.05, 0.1) is 0 Å². The van der Waals surface area contributed by atoms with Gasteiger partial charge in [-0.25, -0.2) is 9.59 Å². The number of carbonyl (C=O) groups is 2. The van der Waals surface area contributed by atoms with Gasteiger partial charge in [-0.05, 0) is 30.9 Å². The molecule has 1 N–H and O–H groups in total. The minimum Gasteiger partial charge on any atom is -0.478 e. The third kappa shape index (κ3) is 8.30. The van der Waals surface area contributed by atoms with E-state index >= 15 is 0 Å². The molecule has 0 aliphatic rings. The summed E-state index contributed by atoms with van der Waals surface area (Å²) in [6, 6.07) is 8.71. The molecular formula is C18H24HgO4. The van der Waals surface area contributed by atoms with Crippen LogP contribution in [0.15, 0.2) is 42.0 Å². The van der Waals surface area contributed by atoms with Crippen LogP contribution in [0.5, 0.6) is 5.75 Å². The third-order valence-electron chi connectivity index (χ3n) is 3.56. The molecule has 23 heavy (non-hydrogen) atoms. The maximum Gasteiger partial charge on any atom is 0.339 e. The van der Waals surface area contributed by atoms with E-state index < -0.39 is 11.9 Å². The van der Waals surface area contributed by atoms with Gasteiger partial charge in [0.2, 0.25) is 0 Å². The van der Waals surface area contributed by atoms with Crippen molar-refractivity contribution in [1.29, 1.82) is 0 Å². The van der Waals surface area contributed by atoms with Gasteiger partial charge >= 0.3 is 11.9 Å². The largest absolute Gasteiger partial charge is 0.478 e. The average Bonchev–Trinajstić information content (AvgIpc) is 2.50. The SMILES string of the molecule is CCCCCC(CC)/C(=C/C(=O)O)C(=O)Oc1ccccc1.[Hg]. The zero-order chi connectivity index (χ0) is 16.4. The summed E-state index contributed by atoms with van der Waals surface area (Å²) in [5.74, 6) is -1.35. The van der Waals surface area contributed by atoms with Crippen molar-refractivity contribution in [2.75, 3.05) is 0 Å². The van der Waals surface area contributed by atoms with Gasteiger partial charge in [-0.3, -0.25) is 0 Å². The Morgan fingerprint density at radius 1 is 1.17 bits per heavy atom. The molecule has 1 atom stereocenters. The van der Waals surface area contributed by atoms with Crippen LogP contribution in [0.25, 0.3) is 0 Å². The summed E-state index contributed by atoms with van der Waals surface area (Å²) >= 11 is 0. The zero-order valence-corrected chi connectivity index (χ0v) is 19.5. The minimum atomic E-state index is -1.12. The molecule has 1 aromatic carbocycles. The van der Waals surface area contributed by atoms with E-state index in [1.807, 2.05) is 13.0 Å². The number of hydrogen-bond donors (Lipinski definition) is 1. The van der Waals surface area contributed by atoms with Crippen molar-refractivity contribution in [3.63, 3.8) is 0 Å². The average molecular weight is 505 g/mol. The van der Waals surface area contributed by atoms with Crippen LogP contribution in [-0.2, 0) is 37.3 Å². The Hall–Kier alpha value is -1.16. The maximum absolute atomic E-state index is 12.3. The number of aliphatic carboxylic acids is 1. The van der Waals surface area contributed by atoms with Crippen LogP contribution in [0.1, 0.15) is 46.0 Å². The summed E-state index contributed by atoms with van der Waals surface area (Å²) in [4.78, 5) is 23.4. The molecule has 5 heteroatoms. The number of rotatable bonds is 9. The summed E-state index contributed by atoms with van der Waals surface area (Å²) in [7, 11) is 0. The van der Waals surface area contributed by atoms with Crippen molar-refractivity contribution >= 4 is 11.9 Å². The predicted molar refractivity (Wildman–Crippen MR) is 85.7 cm³/mol. The number of carboxylic acid groups (broad SMARTS) is 1. The second-order valence-electron chi connectivity index (χ2n) is 5.24. The number of esters is 1. The fraction of sp³-hybridized carbons (Fsp3) is 0.444. The fourth-order valence-corrected chi connectivity index (χ4v) is 2.35. The van der Waals surface area contributed by atoms with Crippen LogP contribution in [0.4, 0.5) is 0 Å². The van der Waals surface area contributed by atoms with Crippen LogP contribution in [0, 0.1) is 5.92 Å². The Balaban J connectivity index is 0.00000484. The molecular weight excluding hydrogens is 481 g/mol. The summed E-state index contributed by atoms with van der Waals surface area (Å²) in [6.07, 6.45) is 5.64. The molecule has 4 nitrogen and oxygen atoms in total. The van der Waals surface area contributed by atoms with Gasteiger partial charge in [-0.2, -0.15) is 0 Å². The second kappa shape index (κ2) is 12.3. The first-order chi connectivity index (χ1) is 10.6. The molecule has 1 rings (SSSR count). The molecule has 0 radical (unpaired) electrons. The van der Waals surface area contributed by atoms with Crippen LogP contribution in [-0.4, -0.2) is 17.0 Å². The van der Waals surface area contributed by atoms with Gasteiger partial charge < -0.3 is 9.84 Å². The van der Waals surface area contributed by atoms with Gasteiger partial charge in [-0.1, -0.05) is 51.3 Å². The maximum atomic E-state index is 12.3. The van der Waals surface area contributed by atoms with Gasteiger partial charge in [0.1, 0.15) is 5.75 Å². The smallest absolute Gasteiger partial charge is 0.339 e. The first-order valence-electron chi connectivity index (χ1n) is 7.80. The van der Waals surface area contributed by atoms with Gasteiger partial charge in [0.15, 0.2) is 0 Å². The van der Waals surface area contributed by atoms with Crippen molar-refractivity contribution in [1.82, 2.24) is 0 Å². The van der Waals surface area contributed by atoms with Crippen molar-refractivity contribution in [3.05, 3.63) is 42.0 Å². The van der Waals surface area contributed by atoms with Gasteiger partial charge in [-0.15, -0.1) is 0 Å². The standard InChI is InChI=1S/C18H24O4.Hg/c1-3-5-7-10-14(4-2)16(13-17(19)20)18(21)22-15-11-8-6-9-12-15;/h6,8-9,11-14H,3-5,7,10H2,1-2H3,(H,19,20);/b16-13-;. The molecule has 122 valence electrons. The minimum absolute atomic E-state index is 0. The molecule has 0 heterocycles. The molecule has 0 amide bonds. The van der Waals surface area contributed by atoms with Crippen LogP contribution in [0.3, 0.4) is 0 Å². The molecule has 1 unspecified atom stereocenters. The van der Waals surface area contributed by atoms with E-state index in [0.29, 0.717) is 12.2 Å². The van der Waals surface area contributed by atoms with Crippen LogP contribution >= 0.6 is 0 Å². The Labute approximate surface area is 158 Å². The molecule has 0 aliphatic heterocycles. The van der Waals surface area contributed by atoms with Crippen molar-refractivity contribution in [3.8, 4) is 5.75 Å². The molecule has 0 aromatic heterocycles. The molecule has 0 saturated carbocycles. The molecule has 0 bridgehead atoms. The van der Waals surface area contributed by atoms with Crippen molar-refractivity contribution in [2.45, 2.75) is 46.0 Å². The Kier molecular flexibility index (Phi) is 11.7. The molecule has 0 aliphatic carbocycles. The zero-order valence-electron chi connectivity index (χ0n) is 14.0. The number of carbonyl (C=O) groups excluding carboxylic acids is 1. The Morgan fingerprint density at radius 2 is 1.83 bits per heavy atom. The van der Waals surface area contributed by atoms with Gasteiger partial charge in [0.25, 0.3) is 0 Å². The summed E-state index contributed by atoms with van der Waals surface area (Å²) in [5.41, 5.74) is 0.245. The molecule has 0 saturated heterocycles. The number of unbranched alkanes of at least 4 members (excludes halogenated alkanes) is 2. The normalized spacial score (nSPS) is 12.2. The van der Waals surface area contributed by atoms with E-state index in [4.69, 9.17) is 9.84 Å². The second-order valence-corrected chi connectivity index (χ2v) is 5.24. The van der Waals surface area contributed by atoms with E-state index in [1.54, 1.807) is 24.3 Å². The molecule has 1 aromatic rings. The number of carboxylic acids is 1. The van der Waals surface area contributed by atoms with E-state index in [1.165, 1.54) is 0 Å². The van der Waals surface area contributed by atoms with Crippen LogP contribution < -0.4 is 4.74 Å². The first kappa shape index (κ1) is 21.8. The summed E-state index contributed by atoms with van der Waals surface area (Å²) in [5, 5.41) is 9.03. The quantitative estimate of drug-likeness (QED) is 0.180. The van der Waals surface area contributed by atoms with Gasteiger partial charge in [0, 0.05) is 39.3 Å². The first-order valence-corrected chi connectivity index (χ1v) is 7.80. The van der Waals surface area contributed by atoms with E-state index in [9.17, 15) is 9.59 Å². The van der Waals surface area contributed by atoms with Crippen molar-refractivity contribution < 1.29 is 47.1 Å². The van der Waals surface area contributed by atoms with E-state index in [2.05, 4.69) is 6.92 Å². The number of hydrogen-bond acceptors (Lipinski definition) is 3. The van der Waals surface area contributed by atoms with Crippen molar-refractivity contribution in [2.24, 2.45) is 5.92 Å². The Bertz CT molecular complexity index is 511. The number of para-hydroxylation sites is 1. The Morgan fingerprint density at radius 3 is 2.35 bits per heavy atom. The van der Waals surface area contributed by atoms with E-state index in [0.717, 1.165) is 31.8 Å². The predicted octanol–water partition coefficient (Wildman–Crippen LogP) is 4.21. The number of benzene rings is 1. The topological polar surface area (TPSA) is 63.6 Å².